The van der Waals surface area contributed by atoms with Crippen molar-refractivity contribution >= 4 is 11.8 Å². The Labute approximate surface area is 113 Å². The fourth-order valence-electron chi connectivity index (χ4n) is 1.69. The van der Waals surface area contributed by atoms with Crippen LogP contribution in [0.4, 0.5) is 8.78 Å². The van der Waals surface area contributed by atoms with Gasteiger partial charge in [0.2, 0.25) is 0 Å². The Kier molecular flexibility index (Phi) is 3.89. The topological polar surface area (TPSA) is 43.4 Å². The molecule has 2 aromatic carbocycles. The monoisotopic (exact) mass is 276 g/mol. The minimum atomic E-state index is -1.11. The first kappa shape index (κ1) is 13.9. The van der Waals surface area contributed by atoms with E-state index in [1.165, 1.54) is 25.1 Å². The number of carbonyl (C=O) groups is 2. The highest BCUT2D eigenvalue weighted by Gasteiger charge is 2.17. The molecule has 0 aliphatic rings. The van der Waals surface area contributed by atoms with Gasteiger partial charge >= 0.3 is 5.97 Å². The molecule has 0 amide bonds. The third kappa shape index (κ3) is 2.88. The standard InChI is InChI=1S/C15H10F2O3/c1-9(18)20-14-5-3-2-4-11(14)15(19)10-6-7-12(16)13(17)8-10/h2-8H,1H3. The summed E-state index contributed by atoms with van der Waals surface area (Å²) in [5.74, 6) is -3.19. The SMILES string of the molecule is CC(=O)Oc1ccccc1C(=O)c1ccc(F)c(F)c1. The van der Waals surface area contributed by atoms with Gasteiger partial charge in [0.1, 0.15) is 5.75 Å². The molecule has 2 rings (SSSR count). The molecule has 102 valence electrons. The van der Waals surface area contributed by atoms with Crippen LogP contribution in [0.3, 0.4) is 0 Å². The summed E-state index contributed by atoms with van der Waals surface area (Å²) in [6.07, 6.45) is 0. The van der Waals surface area contributed by atoms with E-state index in [1.807, 2.05) is 0 Å². The van der Waals surface area contributed by atoms with E-state index in [0.717, 1.165) is 12.1 Å². The summed E-state index contributed by atoms with van der Waals surface area (Å²) in [7, 11) is 0. The van der Waals surface area contributed by atoms with Gasteiger partial charge in [-0.1, -0.05) is 12.1 Å². The number of carbonyl (C=O) groups excluding carboxylic acids is 2. The summed E-state index contributed by atoms with van der Waals surface area (Å²) in [5, 5.41) is 0. The second-order valence-corrected chi connectivity index (χ2v) is 4.05. The number of esters is 1. The van der Waals surface area contributed by atoms with Gasteiger partial charge in [-0.05, 0) is 30.3 Å². The van der Waals surface area contributed by atoms with Crippen LogP contribution in [0.2, 0.25) is 0 Å². The molecule has 0 aliphatic heterocycles. The van der Waals surface area contributed by atoms with Gasteiger partial charge in [-0.3, -0.25) is 9.59 Å². The van der Waals surface area contributed by atoms with Gasteiger partial charge < -0.3 is 4.74 Å². The van der Waals surface area contributed by atoms with Crippen molar-refractivity contribution in [2.75, 3.05) is 0 Å². The van der Waals surface area contributed by atoms with Crippen LogP contribution >= 0.6 is 0 Å². The van der Waals surface area contributed by atoms with Gasteiger partial charge in [0.25, 0.3) is 0 Å². The van der Waals surface area contributed by atoms with E-state index in [-0.39, 0.29) is 16.9 Å². The Morgan fingerprint density at radius 2 is 1.70 bits per heavy atom. The summed E-state index contributed by atoms with van der Waals surface area (Å²) >= 11 is 0. The lowest BCUT2D eigenvalue weighted by molar-refractivity contribution is -0.131. The Morgan fingerprint density at radius 3 is 2.35 bits per heavy atom. The van der Waals surface area contributed by atoms with Crippen LogP contribution in [0.1, 0.15) is 22.8 Å². The van der Waals surface area contributed by atoms with Crippen LogP contribution in [-0.2, 0) is 4.79 Å². The van der Waals surface area contributed by atoms with E-state index in [1.54, 1.807) is 12.1 Å². The van der Waals surface area contributed by atoms with Crippen molar-refractivity contribution in [2.24, 2.45) is 0 Å². The second-order valence-electron chi connectivity index (χ2n) is 4.05. The number of ether oxygens (including phenoxy) is 1. The van der Waals surface area contributed by atoms with Crippen LogP contribution in [-0.4, -0.2) is 11.8 Å². The molecule has 0 fully saturated rings. The van der Waals surface area contributed by atoms with Gasteiger partial charge in [0.05, 0.1) is 5.56 Å². The first-order valence-corrected chi connectivity index (χ1v) is 5.76. The lowest BCUT2D eigenvalue weighted by Crippen LogP contribution is -2.09. The normalized spacial score (nSPS) is 10.2. The number of rotatable bonds is 3. The molecule has 0 bridgehead atoms. The highest BCUT2D eigenvalue weighted by Crippen LogP contribution is 2.22. The summed E-state index contributed by atoms with van der Waals surface area (Å²) < 4.78 is 30.9. The number of halogens is 2. The van der Waals surface area contributed by atoms with Gasteiger partial charge in [0, 0.05) is 12.5 Å². The van der Waals surface area contributed by atoms with Crippen LogP contribution in [0, 0.1) is 11.6 Å². The van der Waals surface area contributed by atoms with Gasteiger partial charge in [-0.2, -0.15) is 0 Å². The maximum Gasteiger partial charge on any atom is 0.308 e. The molecule has 0 saturated carbocycles. The average Bonchev–Trinajstić information content (AvgIpc) is 2.41. The zero-order valence-electron chi connectivity index (χ0n) is 10.5. The third-order valence-electron chi connectivity index (χ3n) is 2.57. The molecule has 0 N–H and O–H groups in total. The minimum absolute atomic E-state index is 0.0245. The number of hydrogen-bond acceptors (Lipinski definition) is 3. The number of benzene rings is 2. The number of ketones is 1. The Morgan fingerprint density at radius 1 is 1.00 bits per heavy atom. The summed E-state index contributed by atoms with van der Waals surface area (Å²) in [6, 6.07) is 8.93. The van der Waals surface area contributed by atoms with Crippen molar-refractivity contribution in [3.05, 3.63) is 65.2 Å². The van der Waals surface area contributed by atoms with Crippen molar-refractivity contribution in [3.63, 3.8) is 0 Å². The Bertz CT molecular complexity index is 681. The van der Waals surface area contributed by atoms with E-state index in [2.05, 4.69) is 0 Å². The molecule has 0 spiro atoms. The lowest BCUT2D eigenvalue weighted by Gasteiger charge is -2.08. The van der Waals surface area contributed by atoms with Gasteiger partial charge in [-0.25, -0.2) is 8.78 Å². The van der Waals surface area contributed by atoms with E-state index in [0.29, 0.717) is 0 Å². The largest absolute Gasteiger partial charge is 0.426 e. The molecular weight excluding hydrogens is 266 g/mol. The fraction of sp³-hybridized carbons (Fsp3) is 0.0667. The molecule has 0 aromatic heterocycles. The molecule has 20 heavy (non-hydrogen) atoms. The Hall–Kier alpha value is -2.56. The summed E-state index contributed by atoms with van der Waals surface area (Å²) in [6.45, 7) is 1.21. The fourth-order valence-corrected chi connectivity index (χ4v) is 1.69. The van der Waals surface area contributed by atoms with Crippen molar-refractivity contribution in [1.82, 2.24) is 0 Å². The quantitative estimate of drug-likeness (QED) is 0.491. The van der Waals surface area contributed by atoms with Gasteiger partial charge in [-0.15, -0.1) is 0 Å². The molecule has 2 aromatic rings. The van der Waals surface area contributed by atoms with Crippen LogP contribution in [0.15, 0.2) is 42.5 Å². The molecule has 3 nitrogen and oxygen atoms in total. The number of para-hydroxylation sites is 1. The third-order valence-corrected chi connectivity index (χ3v) is 2.57. The molecule has 0 heterocycles. The molecular formula is C15H10F2O3. The van der Waals surface area contributed by atoms with E-state index < -0.39 is 23.4 Å². The first-order valence-electron chi connectivity index (χ1n) is 5.76. The zero-order valence-corrected chi connectivity index (χ0v) is 10.5. The summed E-state index contributed by atoms with van der Waals surface area (Å²) in [4.78, 5) is 23.2. The molecule has 5 heteroatoms. The van der Waals surface area contributed by atoms with Gasteiger partial charge in [0.15, 0.2) is 17.4 Å². The Balaban J connectivity index is 2.42. The molecule has 0 atom stereocenters. The van der Waals surface area contributed by atoms with Crippen LogP contribution < -0.4 is 4.74 Å². The maximum absolute atomic E-state index is 13.2. The molecule has 0 radical (unpaired) electrons. The predicted octanol–water partition coefficient (Wildman–Crippen LogP) is 3.12. The predicted molar refractivity (Wildman–Crippen MR) is 67.5 cm³/mol. The second kappa shape index (κ2) is 5.61. The van der Waals surface area contributed by atoms with E-state index >= 15 is 0 Å². The van der Waals surface area contributed by atoms with Crippen LogP contribution in [0.5, 0.6) is 5.75 Å². The van der Waals surface area contributed by atoms with Crippen LogP contribution in [0.25, 0.3) is 0 Å². The van der Waals surface area contributed by atoms with E-state index in [4.69, 9.17) is 4.74 Å². The maximum atomic E-state index is 13.2. The van der Waals surface area contributed by atoms with Crippen molar-refractivity contribution < 1.29 is 23.1 Å². The minimum Gasteiger partial charge on any atom is -0.426 e. The first-order chi connectivity index (χ1) is 9.49. The summed E-state index contributed by atoms with van der Waals surface area (Å²) in [5.41, 5.74) is 0.0808. The molecule has 0 unspecified atom stereocenters. The molecule has 0 aliphatic carbocycles. The van der Waals surface area contributed by atoms with Crippen molar-refractivity contribution in [1.29, 1.82) is 0 Å². The van der Waals surface area contributed by atoms with Crippen molar-refractivity contribution in [3.8, 4) is 5.75 Å². The number of hydrogen-bond donors (Lipinski definition) is 0. The average molecular weight is 276 g/mol. The highest BCUT2D eigenvalue weighted by molar-refractivity contribution is 6.11. The van der Waals surface area contributed by atoms with E-state index in [9.17, 15) is 18.4 Å². The highest BCUT2D eigenvalue weighted by atomic mass is 19.2. The lowest BCUT2D eigenvalue weighted by atomic mass is 10.0. The van der Waals surface area contributed by atoms with Crippen molar-refractivity contribution in [2.45, 2.75) is 6.92 Å². The smallest absolute Gasteiger partial charge is 0.308 e. The molecule has 0 saturated heterocycles. The zero-order chi connectivity index (χ0) is 14.7.